The molecule has 0 bridgehead atoms. The Hall–Kier alpha value is -3.13. The summed E-state index contributed by atoms with van der Waals surface area (Å²) in [5, 5.41) is 3.80. The van der Waals surface area contributed by atoms with Crippen LogP contribution in [-0.2, 0) is 11.3 Å². The first-order valence-electron chi connectivity index (χ1n) is 9.64. The van der Waals surface area contributed by atoms with E-state index in [1.54, 1.807) is 34.9 Å². The Labute approximate surface area is 177 Å². The first-order valence-corrected chi connectivity index (χ1v) is 10.6. The van der Waals surface area contributed by atoms with E-state index in [4.69, 9.17) is 4.74 Å². The number of amides is 1. The van der Waals surface area contributed by atoms with Crippen LogP contribution in [0.15, 0.2) is 52.4 Å². The van der Waals surface area contributed by atoms with E-state index in [1.165, 1.54) is 11.8 Å². The molecule has 1 amide bonds. The molecule has 2 aromatic carbocycles. The van der Waals surface area contributed by atoms with Gasteiger partial charge in [-0.2, -0.15) is 0 Å². The van der Waals surface area contributed by atoms with Crippen molar-refractivity contribution < 1.29 is 14.3 Å². The smallest absolute Gasteiger partial charge is 0.262 e. The van der Waals surface area contributed by atoms with Gasteiger partial charge < -0.3 is 10.1 Å². The number of ether oxygens (including phenoxy) is 1. The first-order chi connectivity index (χ1) is 14.4. The lowest BCUT2D eigenvalue weighted by atomic mass is 10.1. The molecule has 2 heterocycles. The minimum atomic E-state index is -0.250. The molecular formula is C22H21N3O4S. The molecule has 0 saturated heterocycles. The summed E-state index contributed by atoms with van der Waals surface area (Å²) in [6, 6.07) is 12.2. The van der Waals surface area contributed by atoms with Crippen molar-refractivity contribution in [2.24, 2.45) is 5.92 Å². The van der Waals surface area contributed by atoms with E-state index in [0.29, 0.717) is 39.6 Å². The van der Waals surface area contributed by atoms with Gasteiger partial charge in [-0.05, 0) is 36.2 Å². The molecule has 0 unspecified atom stereocenters. The largest absolute Gasteiger partial charge is 0.482 e. The molecule has 0 fully saturated rings. The summed E-state index contributed by atoms with van der Waals surface area (Å²) in [5.74, 6) is 0.544. The summed E-state index contributed by atoms with van der Waals surface area (Å²) in [5.41, 5.74) is 1.47. The van der Waals surface area contributed by atoms with Crippen LogP contribution >= 0.6 is 11.8 Å². The van der Waals surface area contributed by atoms with Crippen molar-refractivity contribution in [1.29, 1.82) is 0 Å². The second kappa shape index (κ2) is 8.31. The molecule has 154 valence electrons. The molecule has 1 aliphatic heterocycles. The highest BCUT2D eigenvalue weighted by Crippen LogP contribution is 2.29. The third-order valence-corrected chi connectivity index (χ3v) is 5.62. The van der Waals surface area contributed by atoms with E-state index in [1.807, 2.05) is 26.0 Å². The summed E-state index contributed by atoms with van der Waals surface area (Å²) >= 11 is 1.24. The number of para-hydroxylation sites is 1. The highest BCUT2D eigenvalue weighted by molar-refractivity contribution is 7.99. The third-order valence-electron chi connectivity index (χ3n) is 4.64. The highest BCUT2D eigenvalue weighted by atomic mass is 32.2. The van der Waals surface area contributed by atoms with Gasteiger partial charge in [-0.25, -0.2) is 4.98 Å². The molecule has 1 aromatic heterocycles. The van der Waals surface area contributed by atoms with Crippen LogP contribution < -0.4 is 15.6 Å². The molecule has 0 atom stereocenters. The summed E-state index contributed by atoms with van der Waals surface area (Å²) in [6.45, 7) is 4.56. The molecular weight excluding hydrogens is 402 g/mol. The molecule has 8 heteroatoms. The number of anilines is 1. The fourth-order valence-electron chi connectivity index (χ4n) is 3.25. The van der Waals surface area contributed by atoms with Crippen LogP contribution in [0.1, 0.15) is 24.2 Å². The van der Waals surface area contributed by atoms with Gasteiger partial charge in [0.05, 0.1) is 22.3 Å². The minimum absolute atomic E-state index is 0.0306. The number of carbonyl (C=O) groups is 2. The molecule has 3 aromatic rings. The highest BCUT2D eigenvalue weighted by Gasteiger charge is 2.19. The Bertz CT molecular complexity index is 1200. The summed E-state index contributed by atoms with van der Waals surface area (Å²) < 4.78 is 6.97. The van der Waals surface area contributed by atoms with E-state index < -0.39 is 0 Å². The Morgan fingerprint density at radius 3 is 2.83 bits per heavy atom. The van der Waals surface area contributed by atoms with Gasteiger partial charge in [0, 0.05) is 12.1 Å². The molecule has 30 heavy (non-hydrogen) atoms. The van der Waals surface area contributed by atoms with Crippen molar-refractivity contribution in [3.63, 3.8) is 0 Å². The standard InChI is InChI=1S/C22H21N3O4S/c1-13(2)10-25-21(28)15-5-3-4-6-16(15)24-22(25)30-12-18(26)14-7-8-19-17(9-14)23-20(27)11-29-19/h3-9,13H,10-12H2,1-2H3,(H,23,27). The van der Waals surface area contributed by atoms with Gasteiger partial charge >= 0.3 is 0 Å². The lowest BCUT2D eigenvalue weighted by Crippen LogP contribution is -2.26. The van der Waals surface area contributed by atoms with Gasteiger partial charge in [-0.15, -0.1) is 0 Å². The van der Waals surface area contributed by atoms with E-state index in [-0.39, 0.29) is 35.5 Å². The summed E-state index contributed by atoms with van der Waals surface area (Å²) in [4.78, 5) is 41.9. The number of ketones is 1. The SMILES string of the molecule is CC(C)Cn1c(SCC(=O)c2ccc3c(c2)NC(=O)CO3)nc2ccccc2c1=O. The fourth-order valence-corrected chi connectivity index (χ4v) is 4.16. The molecule has 0 radical (unpaired) electrons. The number of aromatic nitrogens is 2. The zero-order valence-electron chi connectivity index (χ0n) is 16.7. The van der Waals surface area contributed by atoms with E-state index in [9.17, 15) is 14.4 Å². The predicted molar refractivity (Wildman–Crippen MR) is 116 cm³/mol. The second-order valence-corrected chi connectivity index (χ2v) is 8.42. The minimum Gasteiger partial charge on any atom is -0.482 e. The topological polar surface area (TPSA) is 90.3 Å². The monoisotopic (exact) mass is 423 g/mol. The van der Waals surface area contributed by atoms with Crippen LogP contribution in [0.25, 0.3) is 10.9 Å². The maximum absolute atomic E-state index is 13.0. The van der Waals surface area contributed by atoms with E-state index >= 15 is 0 Å². The van der Waals surface area contributed by atoms with Gasteiger partial charge in [-0.1, -0.05) is 37.7 Å². The number of hydrogen-bond donors (Lipinski definition) is 1. The number of fused-ring (bicyclic) bond motifs is 2. The molecule has 1 N–H and O–H groups in total. The summed E-state index contributed by atoms with van der Waals surface area (Å²) in [7, 11) is 0. The lowest BCUT2D eigenvalue weighted by Gasteiger charge is -2.18. The Morgan fingerprint density at radius 1 is 1.23 bits per heavy atom. The number of nitrogens with zero attached hydrogens (tertiary/aromatic N) is 2. The number of nitrogens with one attached hydrogen (secondary N) is 1. The molecule has 0 spiro atoms. The normalized spacial score (nSPS) is 13.1. The van der Waals surface area contributed by atoms with Crippen molar-refractivity contribution >= 4 is 40.0 Å². The number of Topliss-reactive ketones (excluding diaryl/α,β-unsaturated/α-hetero) is 1. The fraction of sp³-hybridized carbons (Fsp3) is 0.273. The zero-order valence-corrected chi connectivity index (χ0v) is 17.5. The van der Waals surface area contributed by atoms with Gasteiger partial charge in [0.15, 0.2) is 17.5 Å². The number of thioether (sulfide) groups is 1. The van der Waals surface area contributed by atoms with Crippen LogP contribution in [0.4, 0.5) is 5.69 Å². The van der Waals surface area contributed by atoms with Crippen molar-refractivity contribution in [2.45, 2.75) is 25.5 Å². The van der Waals surface area contributed by atoms with Crippen LogP contribution in [0, 0.1) is 5.92 Å². The second-order valence-electron chi connectivity index (χ2n) is 7.48. The maximum atomic E-state index is 13.0. The molecule has 0 aliphatic carbocycles. The van der Waals surface area contributed by atoms with Crippen LogP contribution in [0.2, 0.25) is 0 Å². The molecule has 7 nitrogen and oxygen atoms in total. The summed E-state index contributed by atoms with van der Waals surface area (Å²) in [6.07, 6.45) is 0. The molecule has 4 rings (SSSR count). The lowest BCUT2D eigenvalue weighted by molar-refractivity contribution is -0.118. The van der Waals surface area contributed by atoms with Crippen LogP contribution in [-0.4, -0.2) is 33.6 Å². The van der Waals surface area contributed by atoms with Gasteiger partial charge in [0.25, 0.3) is 11.5 Å². The number of hydrogen-bond acceptors (Lipinski definition) is 6. The quantitative estimate of drug-likeness (QED) is 0.371. The van der Waals surface area contributed by atoms with E-state index in [0.717, 1.165) is 0 Å². The van der Waals surface area contributed by atoms with Crippen LogP contribution in [0.5, 0.6) is 5.75 Å². The van der Waals surface area contributed by atoms with Gasteiger partial charge in [-0.3, -0.25) is 19.0 Å². The molecule has 1 aliphatic rings. The average Bonchev–Trinajstić information content (AvgIpc) is 2.73. The molecule has 0 saturated carbocycles. The first kappa shape index (κ1) is 20.2. The Balaban J connectivity index is 1.60. The third kappa shape index (κ3) is 4.09. The van der Waals surface area contributed by atoms with Crippen molar-refractivity contribution in [1.82, 2.24) is 9.55 Å². The predicted octanol–water partition coefficient (Wildman–Crippen LogP) is 3.36. The van der Waals surface area contributed by atoms with Gasteiger partial charge in [0.1, 0.15) is 5.75 Å². The van der Waals surface area contributed by atoms with Crippen molar-refractivity contribution in [2.75, 3.05) is 17.7 Å². The Morgan fingerprint density at radius 2 is 2.03 bits per heavy atom. The average molecular weight is 423 g/mol. The van der Waals surface area contributed by atoms with Crippen LogP contribution in [0.3, 0.4) is 0 Å². The number of benzene rings is 2. The van der Waals surface area contributed by atoms with E-state index in [2.05, 4.69) is 10.3 Å². The van der Waals surface area contributed by atoms with Gasteiger partial charge in [0.2, 0.25) is 0 Å². The number of carbonyl (C=O) groups excluding carboxylic acids is 2. The van der Waals surface area contributed by atoms with Crippen molar-refractivity contribution in [3.05, 3.63) is 58.4 Å². The Kier molecular flexibility index (Phi) is 5.59. The number of rotatable bonds is 6. The zero-order chi connectivity index (χ0) is 21.3. The van der Waals surface area contributed by atoms with Crippen molar-refractivity contribution in [3.8, 4) is 5.75 Å². The maximum Gasteiger partial charge on any atom is 0.262 e.